The Kier molecular flexibility index (Phi) is 8.33. The first-order valence-corrected chi connectivity index (χ1v) is 12.0. The van der Waals surface area contributed by atoms with E-state index in [2.05, 4.69) is 27.5 Å². The summed E-state index contributed by atoms with van der Waals surface area (Å²) < 4.78 is 4.53. The molecular weight excluding hydrogens is 420 g/mol. The van der Waals surface area contributed by atoms with Gasteiger partial charge in [-0.15, -0.1) is 11.3 Å². The summed E-state index contributed by atoms with van der Waals surface area (Å²) in [4.78, 5) is 37.7. The van der Waals surface area contributed by atoms with Crippen molar-refractivity contribution in [2.75, 3.05) is 18.2 Å². The summed E-state index contributed by atoms with van der Waals surface area (Å²) in [5, 5.41) is 5.66. The summed E-state index contributed by atoms with van der Waals surface area (Å²) in [6.07, 6.45) is 4.09. The van der Waals surface area contributed by atoms with Gasteiger partial charge in [-0.25, -0.2) is 4.79 Å². The fraction of sp³-hybridized carbons (Fsp3) is 0.409. The molecule has 0 unspecified atom stereocenters. The van der Waals surface area contributed by atoms with Gasteiger partial charge >= 0.3 is 6.09 Å². The molecule has 2 N–H and O–H groups in total. The van der Waals surface area contributed by atoms with Crippen LogP contribution in [0.2, 0.25) is 0 Å². The number of ether oxygens (including phenoxy) is 1. The number of alkyl carbamates (subject to hydrolysis) is 1. The molecule has 8 heteroatoms. The lowest BCUT2D eigenvalue weighted by molar-refractivity contribution is -0.116. The number of benzene rings is 1. The van der Waals surface area contributed by atoms with E-state index < -0.39 is 12.0 Å². The summed E-state index contributed by atoms with van der Waals surface area (Å²) in [6, 6.07) is 10.2. The molecule has 0 bridgehead atoms. The zero-order valence-corrected chi connectivity index (χ0v) is 18.6. The van der Waals surface area contributed by atoms with Gasteiger partial charge in [0.05, 0.1) is 12.7 Å². The normalized spacial score (nSPS) is 12.7. The highest BCUT2D eigenvalue weighted by Gasteiger charge is 2.27. The number of methoxy groups -OCH3 is 1. The minimum Gasteiger partial charge on any atom is -0.453 e. The summed E-state index contributed by atoms with van der Waals surface area (Å²) in [5.74, 6) is 1.19. The molecule has 0 spiro atoms. The number of fused-ring (bicyclic) bond motifs is 1. The lowest BCUT2D eigenvalue weighted by Crippen LogP contribution is -2.31. The topological polar surface area (TPSA) is 84.5 Å². The zero-order chi connectivity index (χ0) is 21.3. The fourth-order valence-electron chi connectivity index (χ4n) is 3.39. The van der Waals surface area contributed by atoms with Gasteiger partial charge in [-0.05, 0) is 49.0 Å². The van der Waals surface area contributed by atoms with Crippen molar-refractivity contribution < 1.29 is 19.1 Å². The van der Waals surface area contributed by atoms with Gasteiger partial charge < -0.3 is 10.1 Å². The van der Waals surface area contributed by atoms with Crippen LogP contribution in [-0.4, -0.2) is 30.8 Å². The molecule has 1 aliphatic carbocycles. The Balaban J connectivity index is 1.55. The molecule has 0 aliphatic heterocycles. The first-order valence-electron chi connectivity index (χ1n) is 10.0. The molecule has 0 fully saturated rings. The number of amides is 3. The monoisotopic (exact) mass is 446 g/mol. The molecule has 0 radical (unpaired) electrons. The van der Waals surface area contributed by atoms with E-state index in [1.54, 1.807) is 11.8 Å². The lowest BCUT2D eigenvalue weighted by Gasteiger charge is -2.12. The van der Waals surface area contributed by atoms with Crippen LogP contribution in [-0.2, 0) is 28.1 Å². The van der Waals surface area contributed by atoms with Gasteiger partial charge in [0.15, 0.2) is 0 Å². The number of rotatable bonds is 8. The number of thiophene rings is 1. The molecule has 160 valence electrons. The average Bonchev–Trinajstić information content (AvgIpc) is 3.11. The Bertz CT molecular complexity index is 896. The fourth-order valence-corrected chi connectivity index (χ4v) is 5.61. The van der Waals surface area contributed by atoms with Crippen LogP contribution < -0.4 is 10.6 Å². The van der Waals surface area contributed by atoms with E-state index in [-0.39, 0.29) is 5.91 Å². The van der Waals surface area contributed by atoms with Crippen molar-refractivity contribution in [1.82, 2.24) is 5.32 Å². The van der Waals surface area contributed by atoms with Crippen LogP contribution in [0.15, 0.2) is 30.3 Å². The number of hydrogen-bond donors (Lipinski definition) is 2. The van der Waals surface area contributed by atoms with Crippen LogP contribution in [0.1, 0.15) is 52.0 Å². The van der Waals surface area contributed by atoms with Crippen molar-refractivity contribution in [2.45, 2.75) is 44.3 Å². The minimum atomic E-state index is -0.802. The van der Waals surface area contributed by atoms with Gasteiger partial charge in [0.25, 0.3) is 5.91 Å². The molecule has 3 rings (SSSR count). The van der Waals surface area contributed by atoms with Gasteiger partial charge in [-0.1, -0.05) is 30.3 Å². The first kappa shape index (κ1) is 22.4. The summed E-state index contributed by atoms with van der Waals surface area (Å²) in [7, 11) is 1.21. The third-order valence-corrected chi connectivity index (χ3v) is 7.18. The molecule has 3 amide bonds. The number of carbonyl (C=O) groups is 3. The number of nitrogens with one attached hydrogen (secondary N) is 2. The quantitative estimate of drug-likeness (QED) is 0.570. The second-order valence-electron chi connectivity index (χ2n) is 7.05. The first-order chi connectivity index (χ1) is 14.6. The van der Waals surface area contributed by atoms with Gasteiger partial charge in [0.2, 0.25) is 5.91 Å². The van der Waals surface area contributed by atoms with E-state index in [4.69, 9.17) is 0 Å². The Labute approximate surface area is 184 Å². The predicted molar refractivity (Wildman–Crippen MR) is 121 cm³/mol. The van der Waals surface area contributed by atoms with E-state index in [9.17, 15) is 14.4 Å². The SMILES string of the molecule is COC(=O)NC(=O)c1c(NC(=O)CCCSCc2ccccc2)sc2c1CCCC2. The Morgan fingerprint density at radius 2 is 1.90 bits per heavy atom. The number of anilines is 1. The van der Waals surface area contributed by atoms with E-state index in [0.717, 1.165) is 54.1 Å². The van der Waals surface area contributed by atoms with E-state index >= 15 is 0 Å². The number of imide groups is 1. The van der Waals surface area contributed by atoms with Crippen molar-refractivity contribution in [2.24, 2.45) is 0 Å². The highest BCUT2D eigenvalue weighted by molar-refractivity contribution is 7.98. The molecule has 2 aromatic rings. The molecule has 1 aromatic heterocycles. The van der Waals surface area contributed by atoms with Crippen LogP contribution >= 0.6 is 23.1 Å². The van der Waals surface area contributed by atoms with Crippen molar-refractivity contribution >= 4 is 46.0 Å². The van der Waals surface area contributed by atoms with Crippen molar-refractivity contribution in [1.29, 1.82) is 0 Å². The number of hydrogen-bond acceptors (Lipinski definition) is 6. The summed E-state index contributed by atoms with van der Waals surface area (Å²) in [6.45, 7) is 0. The second-order valence-corrected chi connectivity index (χ2v) is 9.26. The Hall–Kier alpha value is -2.32. The molecule has 0 saturated heterocycles. The third kappa shape index (κ3) is 6.09. The van der Waals surface area contributed by atoms with E-state index in [1.165, 1.54) is 24.0 Å². The van der Waals surface area contributed by atoms with Crippen LogP contribution in [0, 0.1) is 0 Å². The minimum absolute atomic E-state index is 0.110. The van der Waals surface area contributed by atoms with Gasteiger partial charge in [-0.3, -0.25) is 14.9 Å². The van der Waals surface area contributed by atoms with Gasteiger partial charge in [-0.2, -0.15) is 11.8 Å². The Morgan fingerprint density at radius 3 is 2.67 bits per heavy atom. The molecule has 1 aliphatic rings. The maximum Gasteiger partial charge on any atom is 0.413 e. The maximum absolute atomic E-state index is 12.6. The van der Waals surface area contributed by atoms with Crippen LogP contribution in [0.3, 0.4) is 0 Å². The van der Waals surface area contributed by atoms with Gasteiger partial charge in [0.1, 0.15) is 5.00 Å². The van der Waals surface area contributed by atoms with Gasteiger partial charge in [0, 0.05) is 17.1 Å². The van der Waals surface area contributed by atoms with E-state index in [0.29, 0.717) is 17.0 Å². The third-order valence-electron chi connectivity index (χ3n) is 4.86. The van der Waals surface area contributed by atoms with Crippen LogP contribution in [0.25, 0.3) is 0 Å². The van der Waals surface area contributed by atoms with E-state index in [1.807, 2.05) is 18.2 Å². The predicted octanol–water partition coefficient (Wildman–Crippen LogP) is 4.78. The number of carbonyl (C=O) groups excluding carboxylic acids is 3. The zero-order valence-electron chi connectivity index (χ0n) is 17.0. The van der Waals surface area contributed by atoms with Crippen molar-refractivity contribution in [3.63, 3.8) is 0 Å². The lowest BCUT2D eigenvalue weighted by atomic mass is 9.95. The molecule has 6 nitrogen and oxygen atoms in total. The largest absolute Gasteiger partial charge is 0.453 e. The van der Waals surface area contributed by atoms with Crippen LogP contribution in [0.4, 0.5) is 9.80 Å². The summed E-state index contributed by atoms with van der Waals surface area (Å²) >= 11 is 3.25. The maximum atomic E-state index is 12.6. The van der Waals surface area contributed by atoms with Crippen LogP contribution in [0.5, 0.6) is 0 Å². The van der Waals surface area contributed by atoms with Crippen molar-refractivity contribution in [3.05, 3.63) is 51.9 Å². The highest BCUT2D eigenvalue weighted by Crippen LogP contribution is 2.38. The molecular formula is C22H26N2O4S2. The standard InChI is InChI=1S/C22H26N2O4S2/c1-28-22(27)24-20(26)19-16-10-5-6-11-17(16)30-21(19)23-18(25)12-7-13-29-14-15-8-3-2-4-9-15/h2-4,8-9H,5-7,10-14H2,1H3,(H,23,25)(H,24,26,27). The number of aryl methyl sites for hydroxylation is 1. The molecule has 0 atom stereocenters. The number of thioether (sulfide) groups is 1. The second kappa shape index (κ2) is 11.2. The summed E-state index contributed by atoms with van der Waals surface area (Å²) in [5.41, 5.74) is 2.63. The highest BCUT2D eigenvalue weighted by atomic mass is 32.2. The molecule has 1 aromatic carbocycles. The molecule has 1 heterocycles. The molecule has 30 heavy (non-hydrogen) atoms. The smallest absolute Gasteiger partial charge is 0.413 e. The van der Waals surface area contributed by atoms with Crippen molar-refractivity contribution in [3.8, 4) is 0 Å². The Morgan fingerprint density at radius 1 is 1.13 bits per heavy atom. The average molecular weight is 447 g/mol. The molecule has 0 saturated carbocycles.